The number of aryl methyl sites for hydroxylation is 1. The SMILES string of the molecule is O=C(CCc1ccccc1F)NCc1nc(CN2CCOCC2)cs1. The molecule has 1 aliphatic rings. The van der Waals surface area contributed by atoms with E-state index in [9.17, 15) is 9.18 Å². The Morgan fingerprint density at radius 3 is 2.92 bits per heavy atom. The third kappa shape index (κ3) is 5.59. The van der Waals surface area contributed by atoms with Crippen molar-refractivity contribution in [3.8, 4) is 0 Å². The Bertz CT molecular complexity index is 701. The number of carbonyl (C=O) groups is 1. The number of benzene rings is 1. The van der Waals surface area contributed by atoms with Crippen LogP contribution in [0.15, 0.2) is 29.6 Å². The van der Waals surface area contributed by atoms with Crippen molar-refractivity contribution in [2.75, 3.05) is 26.3 Å². The highest BCUT2D eigenvalue weighted by Gasteiger charge is 2.13. The molecule has 5 nitrogen and oxygen atoms in total. The van der Waals surface area contributed by atoms with Crippen molar-refractivity contribution >= 4 is 17.2 Å². The third-order valence-corrected chi connectivity index (χ3v) is 5.00. The topological polar surface area (TPSA) is 54.5 Å². The summed E-state index contributed by atoms with van der Waals surface area (Å²) in [6.07, 6.45) is 0.672. The molecule has 0 bridgehead atoms. The molecule has 1 N–H and O–H groups in total. The highest BCUT2D eigenvalue weighted by Crippen LogP contribution is 2.13. The van der Waals surface area contributed by atoms with Crippen LogP contribution in [0.25, 0.3) is 0 Å². The minimum Gasteiger partial charge on any atom is -0.379 e. The summed E-state index contributed by atoms with van der Waals surface area (Å²) < 4.78 is 18.9. The van der Waals surface area contributed by atoms with E-state index in [0.29, 0.717) is 18.5 Å². The fourth-order valence-corrected chi connectivity index (χ4v) is 3.43. The first kappa shape index (κ1) is 18.0. The zero-order valence-corrected chi connectivity index (χ0v) is 14.9. The van der Waals surface area contributed by atoms with Gasteiger partial charge in [-0.1, -0.05) is 18.2 Å². The Balaban J connectivity index is 1.40. The summed E-state index contributed by atoms with van der Waals surface area (Å²) in [7, 11) is 0. The van der Waals surface area contributed by atoms with E-state index in [-0.39, 0.29) is 18.1 Å². The highest BCUT2D eigenvalue weighted by atomic mass is 32.1. The minimum atomic E-state index is -0.261. The molecule has 0 spiro atoms. The maximum Gasteiger partial charge on any atom is 0.220 e. The number of ether oxygens (including phenoxy) is 1. The zero-order chi connectivity index (χ0) is 17.5. The molecule has 1 aromatic heterocycles. The molecule has 1 amide bonds. The molecule has 1 aliphatic heterocycles. The molecule has 1 saturated heterocycles. The van der Waals surface area contributed by atoms with E-state index in [4.69, 9.17) is 4.74 Å². The Hall–Kier alpha value is -1.83. The Morgan fingerprint density at radius 2 is 2.12 bits per heavy atom. The van der Waals surface area contributed by atoms with Gasteiger partial charge in [-0.3, -0.25) is 9.69 Å². The summed E-state index contributed by atoms with van der Waals surface area (Å²) in [6.45, 7) is 4.65. The lowest BCUT2D eigenvalue weighted by Gasteiger charge is -2.25. The second-order valence-corrected chi connectivity index (χ2v) is 6.93. The molecule has 0 atom stereocenters. The van der Waals surface area contributed by atoms with Crippen LogP contribution < -0.4 is 5.32 Å². The summed E-state index contributed by atoms with van der Waals surface area (Å²) in [5.41, 5.74) is 1.60. The molecule has 2 heterocycles. The van der Waals surface area contributed by atoms with E-state index >= 15 is 0 Å². The number of hydrogen-bond acceptors (Lipinski definition) is 5. The van der Waals surface area contributed by atoms with Crippen LogP contribution in [0.2, 0.25) is 0 Å². The average molecular weight is 363 g/mol. The van der Waals surface area contributed by atoms with Gasteiger partial charge in [-0.15, -0.1) is 11.3 Å². The van der Waals surface area contributed by atoms with Crippen LogP contribution in [0.1, 0.15) is 22.7 Å². The Labute approximate surface area is 150 Å². The lowest BCUT2D eigenvalue weighted by Crippen LogP contribution is -2.35. The number of rotatable bonds is 7. The van der Waals surface area contributed by atoms with Gasteiger partial charge in [0, 0.05) is 31.4 Å². The van der Waals surface area contributed by atoms with Crippen LogP contribution >= 0.6 is 11.3 Å². The van der Waals surface area contributed by atoms with Gasteiger partial charge in [-0.25, -0.2) is 9.37 Å². The maximum absolute atomic E-state index is 13.5. The fraction of sp³-hybridized carbons (Fsp3) is 0.444. The van der Waals surface area contributed by atoms with Crippen molar-refractivity contribution in [2.24, 2.45) is 0 Å². The molecule has 0 aliphatic carbocycles. The summed E-state index contributed by atoms with van der Waals surface area (Å²) in [5.74, 6) is -0.351. The maximum atomic E-state index is 13.5. The molecule has 0 saturated carbocycles. The second kappa shape index (κ2) is 9.03. The largest absolute Gasteiger partial charge is 0.379 e. The van der Waals surface area contributed by atoms with Gasteiger partial charge in [0.15, 0.2) is 0 Å². The van der Waals surface area contributed by atoms with Gasteiger partial charge in [-0.2, -0.15) is 0 Å². The van der Waals surface area contributed by atoms with Gasteiger partial charge in [0.05, 0.1) is 25.5 Å². The lowest BCUT2D eigenvalue weighted by atomic mass is 10.1. The van der Waals surface area contributed by atoms with Gasteiger partial charge in [0.2, 0.25) is 5.91 Å². The molecular formula is C18H22FN3O2S. The van der Waals surface area contributed by atoms with Gasteiger partial charge in [-0.05, 0) is 18.1 Å². The number of hydrogen-bond donors (Lipinski definition) is 1. The number of nitrogens with zero attached hydrogens (tertiary/aromatic N) is 2. The Morgan fingerprint density at radius 1 is 1.32 bits per heavy atom. The van der Waals surface area contributed by atoms with E-state index in [1.807, 2.05) is 5.38 Å². The molecule has 25 heavy (non-hydrogen) atoms. The van der Waals surface area contributed by atoms with Crippen molar-refractivity contribution in [2.45, 2.75) is 25.9 Å². The van der Waals surface area contributed by atoms with Gasteiger partial charge < -0.3 is 10.1 Å². The quantitative estimate of drug-likeness (QED) is 0.821. The van der Waals surface area contributed by atoms with Gasteiger partial charge in [0.25, 0.3) is 0 Å². The first-order valence-corrected chi connectivity index (χ1v) is 9.32. The molecule has 3 rings (SSSR count). The van der Waals surface area contributed by atoms with E-state index in [1.54, 1.807) is 29.5 Å². The van der Waals surface area contributed by atoms with Crippen molar-refractivity contribution in [3.63, 3.8) is 0 Å². The summed E-state index contributed by atoms with van der Waals surface area (Å²) in [6, 6.07) is 6.55. The predicted molar refractivity (Wildman–Crippen MR) is 94.8 cm³/mol. The summed E-state index contributed by atoms with van der Waals surface area (Å²) in [4.78, 5) is 18.8. The minimum absolute atomic E-state index is 0.0896. The first-order chi connectivity index (χ1) is 12.2. The molecule has 7 heteroatoms. The van der Waals surface area contributed by atoms with Crippen molar-refractivity contribution in [1.82, 2.24) is 15.2 Å². The number of aromatic nitrogens is 1. The molecule has 1 fully saturated rings. The number of carbonyl (C=O) groups excluding carboxylic acids is 1. The zero-order valence-electron chi connectivity index (χ0n) is 14.0. The van der Waals surface area contributed by atoms with Crippen LogP contribution in [0.3, 0.4) is 0 Å². The standard InChI is InChI=1S/C18H22FN3O2S/c19-16-4-2-1-3-14(16)5-6-17(23)20-11-18-21-15(13-25-18)12-22-7-9-24-10-8-22/h1-4,13H,5-12H2,(H,20,23). The molecule has 0 radical (unpaired) electrons. The number of nitrogens with one attached hydrogen (secondary N) is 1. The number of halogens is 1. The predicted octanol–water partition coefficient (Wildman–Crippen LogP) is 2.36. The molecule has 1 aromatic carbocycles. The normalized spacial score (nSPS) is 15.2. The van der Waals surface area contributed by atoms with E-state index in [0.717, 1.165) is 43.5 Å². The van der Waals surface area contributed by atoms with E-state index in [1.165, 1.54) is 6.07 Å². The number of morpholine rings is 1. The Kier molecular flexibility index (Phi) is 6.49. The molecule has 0 unspecified atom stereocenters. The van der Waals surface area contributed by atoms with Gasteiger partial charge >= 0.3 is 0 Å². The second-order valence-electron chi connectivity index (χ2n) is 5.99. The van der Waals surface area contributed by atoms with Crippen molar-refractivity contribution in [3.05, 3.63) is 51.7 Å². The monoisotopic (exact) mass is 363 g/mol. The lowest BCUT2D eigenvalue weighted by molar-refractivity contribution is -0.121. The smallest absolute Gasteiger partial charge is 0.220 e. The molecule has 134 valence electrons. The summed E-state index contributed by atoms with van der Waals surface area (Å²) in [5, 5.41) is 5.79. The van der Waals surface area contributed by atoms with Crippen LogP contribution in [-0.2, 0) is 29.0 Å². The van der Waals surface area contributed by atoms with Crippen LogP contribution in [0, 0.1) is 5.82 Å². The summed E-state index contributed by atoms with van der Waals surface area (Å²) >= 11 is 1.55. The van der Waals surface area contributed by atoms with Crippen molar-refractivity contribution in [1.29, 1.82) is 0 Å². The van der Waals surface area contributed by atoms with E-state index < -0.39 is 0 Å². The van der Waals surface area contributed by atoms with Crippen LogP contribution in [-0.4, -0.2) is 42.1 Å². The highest BCUT2D eigenvalue weighted by molar-refractivity contribution is 7.09. The fourth-order valence-electron chi connectivity index (χ4n) is 2.70. The molecular weight excluding hydrogens is 341 g/mol. The first-order valence-electron chi connectivity index (χ1n) is 8.44. The average Bonchev–Trinajstić information content (AvgIpc) is 3.07. The third-order valence-electron chi connectivity index (χ3n) is 4.10. The van der Waals surface area contributed by atoms with Crippen LogP contribution in [0.4, 0.5) is 4.39 Å². The number of thiazole rings is 1. The number of amides is 1. The van der Waals surface area contributed by atoms with Crippen molar-refractivity contribution < 1.29 is 13.9 Å². The molecule has 2 aromatic rings. The van der Waals surface area contributed by atoms with E-state index in [2.05, 4.69) is 15.2 Å². The van der Waals surface area contributed by atoms with Crippen LogP contribution in [0.5, 0.6) is 0 Å². The van der Waals surface area contributed by atoms with Gasteiger partial charge in [0.1, 0.15) is 10.8 Å².